The summed E-state index contributed by atoms with van der Waals surface area (Å²) in [6, 6.07) is 19.3. The third-order valence-electron chi connectivity index (χ3n) is 3.53. The highest BCUT2D eigenvalue weighted by Crippen LogP contribution is 2.30. The van der Waals surface area contributed by atoms with E-state index in [1.807, 2.05) is 0 Å². The van der Waals surface area contributed by atoms with Gasteiger partial charge in [0.05, 0.1) is 0 Å². The second kappa shape index (κ2) is 5.10. The van der Waals surface area contributed by atoms with E-state index >= 15 is 0 Å². The van der Waals surface area contributed by atoms with Crippen molar-refractivity contribution in [3.63, 3.8) is 0 Å². The highest BCUT2D eigenvalue weighted by atomic mass is 32.1. The molecule has 0 N–H and O–H groups in total. The maximum Gasteiger partial charge on any atom is 0.0236 e. The summed E-state index contributed by atoms with van der Waals surface area (Å²) in [5.41, 5.74) is 1.26. The molecular weight excluding hydrogens is 248 g/mol. The van der Waals surface area contributed by atoms with Gasteiger partial charge in [-0.05, 0) is 34.0 Å². The van der Waals surface area contributed by atoms with E-state index < -0.39 is 0 Å². The van der Waals surface area contributed by atoms with Crippen LogP contribution in [0, 0.1) is 0 Å². The molecule has 0 aliphatic heterocycles. The number of rotatable bonds is 3. The van der Waals surface area contributed by atoms with Crippen molar-refractivity contribution in [2.24, 2.45) is 0 Å². The topological polar surface area (TPSA) is 0 Å². The van der Waals surface area contributed by atoms with E-state index in [0.29, 0.717) is 0 Å². The fraction of sp³-hybridized carbons (Fsp3) is 0.167. The van der Waals surface area contributed by atoms with Crippen molar-refractivity contribution in [3.05, 3.63) is 60.2 Å². The van der Waals surface area contributed by atoms with E-state index in [4.69, 9.17) is 12.2 Å². The van der Waals surface area contributed by atoms with E-state index in [2.05, 4.69) is 61.5 Å². The molecule has 3 rings (SSSR count). The summed E-state index contributed by atoms with van der Waals surface area (Å²) in [7, 11) is 0. The fourth-order valence-corrected chi connectivity index (χ4v) is 3.09. The molecule has 0 aliphatic rings. The zero-order valence-electron chi connectivity index (χ0n) is 11.0. The first-order valence-electron chi connectivity index (χ1n) is 6.75. The zero-order chi connectivity index (χ0) is 13.2. The molecule has 1 heteroatoms. The molecule has 19 heavy (non-hydrogen) atoms. The molecule has 0 fully saturated rings. The molecule has 0 bridgehead atoms. The second-order valence-corrected chi connectivity index (χ2v) is 5.36. The van der Waals surface area contributed by atoms with Crippen LogP contribution in [-0.4, -0.2) is 4.86 Å². The minimum absolute atomic E-state index is 0.979. The van der Waals surface area contributed by atoms with E-state index in [9.17, 15) is 0 Å². The van der Waals surface area contributed by atoms with Crippen molar-refractivity contribution in [2.45, 2.75) is 19.8 Å². The summed E-state index contributed by atoms with van der Waals surface area (Å²) in [5.74, 6) is 0. The van der Waals surface area contributed by atoms with Crippen LogP contribution in [0.5, 0.6) is 0 Å². The van der Waals surface area contributed by atoms with Gasteiger partial charge in [0.1, 0.15) is 0 Å². The number of hydrogen-bond acceptors (Lipinski definition) is 1. The first-order valence-corrected chi connectivity index (χ1v) is 7.16. The molecular formula is C18H16S. The normalized spacial score (nSPS) is 11.0. The molecule has 0 spiro atoms. The quantitative estimate of drug-likeness (QED) is 0.341. The van der Waals surface area contributed by atoms with Crippen LogP contribution in [0.4, 0.5) is 0 Å². The summed E-state index contributed by atoms with van der Waals surface area (Å²) in [6.45, 7) is 2.18. The number of hydrogen-bond donors (Lipinski definition) is 0. The monoisotopic (exact) mass is 264 g/mol. The van der Waals surface area contributed by atoms with E-state index in [1.165, 1.54) is 27.1 Å². The lowest BCUT2D eigenvalue weighted by Crippen LogP contribution is -1.99. The molecule has 0 saturated carbocycles. The summed E-state index contributed by atoms with van der Waals surface area (Å²) >= 11 is 5.67. The molecule has 0 aliphatic carbocycles. The van der Waals surface area contributed by atoms with Crippen LogP contribution in [0.15, 0.2) is 54.6 Å². The van der Waals surface area contributed by atoms with Gasteiger partial charge in [-0.25, -0.2) is 0 Å². The summed E-state index contributed by atoms with van der Waals surface area (Å²) in [6.07, 6.45) is 2.07. The van der Waals surface area contributed by atoms with Crippen molar-refractivity contribution in [1.29, 1.82) is 0 Å². The average molecular weight is 264 g/mol. The molecule has 0 amide bonds. The van der Waals surface area contributed by atoms with Crippen LogP contribution < -0.4 is 0 Å². The predicted molar refractivity (Wildman–Crippen MR) is 88.1 cm³/mol. The highest BCUT2D eigenvalue weighted by Gasteiger charge is 2.10. The van der Waals surface area contributed by atoms with Gasteiger partial charge in [-0.1, -0.05) is 74.1 Å². The lowest BCUT2D eigenvalue weighted by atomic mass is 9.93. The second-order valence-electron chi connectivity index (χ2n) is 4.87. The Kier molecular flexibility index (Phi) is 3.31. The maximum atomic E-state index is 5.67. The van der Waals surface area contributed by atoms with Gasteiger partial charge < -0.3 is 0 Å². The first kappa shape index (κ1) is 12.3. The van der Waals surface area contributed by atoms with Crippen molar-refractivity contribution in [1.82, 2.24) is 0 Å². The highest BCUT2D eigenvalue weighted by molar-refractivity contribution is 7.80. The average Bonchev–Trinajstić information content (AvgIpc) is 2.44. The van der Waals surface area contributed by atoms with Gasteiger partial charge in [0.2, 0.25) is 0 Å². The molecule has 0 heterocycles. The fourth-order valence-electron chi connectivity index (χ4n) is 2.67. The van der Waals surface area contributed by atoms with Gasteiger partial charge in [0.15, 0.2) is 0 Å². The van der Waals surface area contributed by atoms with Crippen LogP contribution in [0.25, 0.3) is 21.5 Å². The SMILES string of the molecule is CCCC(=S)c1c2ccccc2cc2ccccc12. The Hall–Kier alpha value is -1.73. The van der Waals surface area contributed by atoms with Crippen molar-refractivity contribution < 1.29 is 0 Å². The predicted octanol–water partition coefficient (Wildman–Crippen LogP) is 5.51. The van der Waals surface area contributed by atoms with E-state index in [0.717, 1.165) is 17.7 Å². The van der Waals surface area contributed by atoms with Gasteiger partial charge >= 0.3 is 0 Å². The van der Waals surface area contributed by atoms with E-state index in [-0.39, 0.29) is 0 Å². The smallest absolute Gasteiger partial charge is 0.0236 e. The van der Waals surface area contributed by atoms with Crippen LogP contribution in [0.3, 0.4) is 0 Å². The lowest BCUT2D eigenvalue weighted by Gasteiger charge is -2.12. The van der Waals surface area contributed by atoms with Crippen LogP contribution in [0.2, 0.25) is 0 Å². The lowest BCUT2D eigenvalue weighted by molar-refractivity contribution is 1.01. The molecule has 0 aromatic heterocycles. The third-order valence-corrected chi connectivity index (χ3v) is 3.94. The Morgan fingerprint density at radius 3 is 1.95 bits per heavy atom. The minimum Gasteiger partial charge on any atom is -0.0842 e. The van der Waals surface area contributed by atoms with Gasteiger partial charge in [0.25, 0.3) is 0 Å². The Balaban J connectivity index is 2.43. The summed E-state index contributed by atoms with van der Waals surface area (Å²) in [5, 5.41) is 5.10. The Bertz CT molecular complexity index is 702. The van der Waals surface area contributed by atoms with Crippen molar-refractivity contribution in [3.8, 4) is 0 Å². The third kappa shape index (κ3) is 2.15. The molecule has 3 aromatic carbocycles. The molecule has 94 valence electrons. The number of thiocarbonyl (C=S) groups is 1. The standard InChI is InChI=1S/C18H16S/c1-2-7-17(19)18-15-10-5-3-8-13(15)12-14-9-4-6-11-16(14)18/h3-6,8-12H,2,7H2,1H3. The van der Waals surface area contributed by atoms with Crippen LogP contribution >= 0.6 is 12.2 Å². The minimum atomic E-state index is 0.979. The molecule has 0 radical (unpaired) electrons. The first-order chi connectivity index (χ1) is 9.31. The van der Waals surface area contributed by atoms with Crippen LogP contribution in [-0.2, 0) is 0 Å². The number of benzene rings is 3. The van der Waals surface area contributed by atoms with Gasteiger partial charge in [-0.2, -0.15) is 0 Å². The zero-order valence-corrected chi connectivity index (χ0v) is 11.8. The van der Waals surface area contributed by atoms with Crippen LogP contribution in [0.1, 0.15) is 25.3 Å². The summed E-state index contributed by atoms with van der Waals surface area (Å²) < 4.78 is 0. The summed E-state index contributed by atoms with van der Waals surface area (Å²) in [4.78, 5) is 1.08. The maximum absolute atomic E-state index is 5.67. The van der Waals surface area contributed by atoms with Gasteiger partial charge in [-0.15, -0.1) is 0 Å². The van der Waals surface area contributed by atoms with Gasteiger partial charge in [0, 0.05) is 10.4 Å². The largest absolute Gasteiger partial charge is 0.0842 e. The molecule has 0 nitrogen and oxygen atoms in total. The molecule has 0 saturated heterocycles. The Morgan fingerprint density at radius 1 is 0.895 bits per heavy atom. The van der Waals surface area contributed by atoms with Crippen molar-refractivity contribution >= 4 is 38.6 Å². The number of fused-ring (bicyclic) bond motifs is 2. The van der Waals surface area contributed by atoms with Gasteiger partial charge in [-0.3, -0.25) is 0 Å². The van der Waals surface area contributed by atoms with E-state index in [1.54, 1.807) is 0 Å². The van der Waals surface area contributed by atoms with Crippen molar-refractivity contribution in [2.75, 3.05) is 0 Å². The molecule has 0 atom stereocenters. The molecule has 3 aromatic rings. The molecule has 0 unspecified atom stereocenters. The Labute approximate surface area is 119 Å². The Morgan fingerprint density at radius 2 is 1.42 bits per heavy atom.